The predicted molar refractivity (Wildman–Crippen MR) is 86.7 cm³/mol. The minimum absolute atomic E-state index is 0.222. The first-order chi connectivity index (χ1) is 10.4. The number of hydrogen-bond acceptors (Lipinski definition) is 3. The van der Waals surface area contributed by atoms with Crippen molar-refractivity contribution in [3.05, 3.63) is 23.6 Å². The van der Waals surface area contributed by atoms with Crippen LogP contribution >= 0.6 is 0 Å². The van der Waals surface area contributed by atoms with E-state index >= 15 is 0 Å². The van der Waals surface area contributed by atoms with E-state index in [4.69, 9.17) is 10.5 Å². The molecular formula is C18H28N2O2. The fourth-order valence-electron chi connectivity index (χ4n) is 3.24. The number of ether oxygens (including phenoxy) is 1. The number of nitrogens with two attached hydrogens (primary N) is 1. The Morgan fingerprint density at radius 1 is 1.36 bits per heavy atom. The van der Waals surface area contributed by atoms with Gasteiger partial charge in [-0.3, -0.25) is 4.79 Å². The SMILES string of the molecule is CC(C)(C)C(C(N)=O)N1CC=CC(C2CC2)=C1OCC1CC1. The van der Waals surface area contributed by atoms with Gasteiger partial charge in [-0.1, -0.05) is 32.9 Å². The third-order valence-corrected chi connectivity index (χ3v) is 4.68. The monoisotopic (exact) mass is 304 g/mol. The third kappa shape index (κ3) is 3.31. The molecule has 0 aromatic carbocycles. The summed E-state index contributed by atoms with van der Waals surface area (Å²) in [6.07, 6.45) is 9.30. The van der Waals surface area contributed by atoms with Gasteiger partial charge in [0.2, 0.25) is 5.91 Å². The van der Waals surface area contributed by atoms with Gasteiger partial charge in [-0.15, -0.1) is 0 Å². The van der Waals surface area contributed by atoms with E-state index in [1.807, 2.05) is 0 Å². The minimum atomic E-state index is -0.347. The van der Waals surface area contributed by atoms with Crippen LogP contribution in [0.2, 0.25) is 0 Å². The van der Waals surface area contributed by atoms with Gasteiger partial charge in [0.05, 0.1) is 6.61 Å². The second kappa shape index (κ2) is 5.64. The molecule has 2 fully saturated rings. The summed E-state index contributed by atoms with van der Waals surface area (Å²) in [4.78, 5) is 14.2. The van der Waals surface area contributed by atoms with E-state index in [1.165, 1.54) is 31.3 Å². The zero-order valence-corrected chi connectivity index (χ0v) is 14.0. The second-order valence-electron chi connectivity index (χ2n) is 8.01. The van der Waals surface area contributed by atoms with Crippen molar-refractivity contribution in [2.45, 2.75) is 52.5 Å². The maximum Gasteiger partial charge on any atom is 0.240 e. The largest absolute Gasteiger partial charge is 0.479 e. The lowest BCUT2D eigenvalue weighted by Gasteiger charge is -2.41. The van der Waals surface area contributed by atoms with E-state index < -0.39 is 0 Å². The van der Waals surface area contributed by atoms with E-state index in [0.717, 1.165) is 12.5 Å². The van der Waals surface area contributed by atoms with Crippen molar-refractivity contribution in [1.29, 1.82) is 0 Å². The molecular weight excluding hydrogens is 276 g/mol. The van der Waals surface area contributed by atoms with Gasteiger partial charge in [-0.05, 0) is 42.9 Å². The summed E-state index contributed by atoms with van der Waals surface area (Å²) in [5, 5.41) is 0. The van der Waals surface area contributed by atoms with Crippen LogP contribution in [0.3, 0.4) is 0 Å². The van der Waals surface area contributed by atoms with E-state index in [0.29, 0.717) is 18.4 Å². The molecule has 0 aromatic heterocycles. The quantitative estimate of drug-likeness (QED) is 0.821. The summed E-state index contributed by atoms with van der Waals surface area (Å²) in [5.41, 5.74) is 6.78. The van der Waals surface area contributed by atoms with Gasteiger partial charge in [-0.25, -0.2) is 0 Å². The lowest BCUT2D eigenvalue weighted by atomic mass is 9.84. The summed E-state index contributed by atoms with van der Waals surface area (Å²) >= 11 is 0. The number of hydrogen-bond donors (Lipinski definition) is 1. The van der Waals surface area contributed by atoms with E-state index in [9.17, 15) is 4.79 Å². The molecule has 3 rings (SSSR count). The molecule has 2 saturated carbocycles. The molecule has 122 valence electrons. The van der Waals surface area contributed by atoms with Crippen LogP contribution in [0.4, 0.5) is 0 Å². The molecule has 1 unspecified atom stereocenters. The molecule has 4 heteroatoms. The Kier molecular flexibility index (Phi) is 3.96. The average molecular weight is 304 g/mol. The average Bonchev–Trinajstić information content (AvgIpc) is 3.28. The van der Waals surface area contributed by atoms with E-state index in [1.54, 1.807) is 0 Å². The van der Waals surface area contributed by atoms with Crippen molar-refractivity contribution < 1.29 is 9.53 Å². The summed E-state index contributed by atoms with van der Waals surface area (Å²) in [6, 6.07) is -0.347. The van der Waals surface area contributed by atoms with Crippen molar-refractivity contribution >= 4 is 5.91 Å². The first-order valence-electron chi connectivity index (χ1n) is 8.47. The first-order valence-corrected chi connectivity index (χ1v) is 8.47. The lowest BCUT2D eigenvalue weighted by molar-refractivity contribution is -0.127. The van der Waals surface area contributed by atoms with Gasteiger partial charge in [0.1, 0.15) is 6.04 Å². The number of carbonyl (C=O) groups excluding carboxylic acids is 1. The van der Waals surface area contributed by atoms with Gasteiger partial charge in [0.25, 0.3) is 0 Å². The standard InChI is InChI=1S/C18H28N2O2/c1-18(2,3)15(16(19)21)20-10-4-5-14(13-8-9-13)17(20)22-11-12-6-7-12/h4-5,12-13,15H,6-11H2,1-3H3,(H2,19,21). The molecule has 4 nitrogen and oxygen atoms in total. The van der Waals surface area contributed by atoms with Crippen LogP contribution in [0, 0.1) is 17.3 Å². The fraction of sp³-hybridized carbons (Fsp3) is 0.722. The number of allylic oxidation sites excluding steroid dienone is 2. The van der Waals surface area contributed by atoms with Crippen LogP contribution in [0.1, 0.15) is 46.5 Å². The molecule has 22 heavy (non-hydrogen) atoms. The predicted octanol–water partition coefficient (Wildman–Crippen LogP) is 2.81. The Morgan fingerprint density at radius 2 is 2.05 bits per heavy atom. The maximum atomic E-state index is 12.1. The summed E-state index contributed by atoms with van der Waals surface area (Å²) in [5.74, 6) is 1.94. The van der Waals surface area contributed by atoms with Crippen LogP contribution in [0.25, 0.3) is 0 Å². The Balaban J connectivity index is 1.89. The molecule has 1 heterocycles. The molecule has 0 bridgehead atoms. The third-order valence-electron chi connectivity index (χ3n) is 4.68. The van der Waals surface area contributed by atoms with Crippen LogP contribution in [0.15, 0.2) is 23.6 Å². The number of rotatable bonds is 6. The fourth-order valence-corrected chi connectivity index (χ4v) is 3.24. The van der Waals surface area contributed by atoms with Crippen molar-refractivity contribution in [1.82, 2.24) is 4.90 Å². The van der Waals surface area contributed by atoms with Gasteiger partial charge >= 0.3 is 0 Å². The highest BCUT2D eigenvalue weighted by molar-refractivity contribution is 5.81. The summed E-state index contributed by atoms with van der Waals surface area (Å²) in [6.45, 7) is 7.66. The van der Waals surface area contributed by atoms with Crippen LogP contribution in [0.5, 0.6) is 0 Å². The van der Waals surface area contributed by atoms with E-state index in [-0.39, 0.29) is 17.4 Å². The molecule has 2 N–H and O–H groups in total. The normalized spacial score (nSPS) is 23.7. The van der Waals surface area contributed by atoms with Gasteiger partial charge < -0.3 is 15.4 Å². The molecule has 3 aliphatic rings. The number of carbonyl (C=O) groups is 1. The van der Waals surface area contributed by atoms with Gasteiger partial charge in [-0.2, -0.15) is 0 Å². The van der Waals surface area contributed by atoms with Crippen molar-refractivity contribution in [3.8, 4) is 0 Å². The smallest absolute Gasteiger partial charge is 0.240 e. The molecule has 2 aliphatic carbocycles. The lowest BCUT2D eigenvalue weighted by Crippen LogP contribution is -2.53. The van der Waals surface area contributed by atoms with Crippen molar-refractivity contribution in [2.24, 2.45) is 23.0 Å². The van der Waals surface area contributed by atoms with Crippen molar-refractivity contribution in [3.63, 3.8) is 0 Å². The molecule has 0 radical (unpaired) electrons. The maximum absolute atomic E-state index is 12.1. The topological polar surface area (TPSA) is 55.6 Å². The van der Waals surface area contributed by atoms with E-state index in [2.05, 4.69) is 37.8 Å². The minimum Gasteiger partial charge on any atom is -0.479 e. The highest BCUT2D eigenvalue weighted by atomic mass is 16.5. The summed E-state index contributed by atoms with van der Waals surface area (Å²) in [7, 11) is 0. The van der Waals surface area contributed by atoms with Gasteiger partial charge in [0, 0.05) is 12.1 Å². The molecule has 1 atom stereocenters. The van der Waals surface area contributed by atoms with Crippen molar-refractivity contribution in [2.75, 3.05) is 13.2 Å². The molecule has 1 amide bonds. The molecule has 1 aliphatic heterocycles. The molecule has 0 saturated heterocycles. The van der Waals surface area contributed by atoms with Gasteiger partial charge in [0.15, 0.2) is 5.88 Å². The zero-order chi connectivity index (χ0) is 15.9. The number of nitrogens with zero attached hydrogens (tertiary/aromatic N) is 1. The Hall–Kier alpha value is -1.45. The Bertz CT molecular complexity index is 508. The first kappa shape index (κ1) is 15.4. The number of primary amides is 1. The molecule has 0 aromatic rings. The highest BCUT2D eigenvalue weighted by Crippen LogP contribution is 2.43. The highest BCUT2D eigenvalue weighted by Gasteiger charge is 2.40. The Labute approximate surface area is 133 Å². The Morgan fingerprint density at radius 3 is 2.55 bits per heavy atom. The number of amides is 1. The molecule has 0 spiro atoms. The van der Waals surface area contributed by atoms with Crippen LogP contribution in [-0.2, 0) is 9.53 Å². The van der Waals surface area contributed by atoms with Crippen LogP contribution in [-0.4, -0.2) is 30.0 Å². The van der Waals surface area contributed by atoms with Crippen LogP contribution < -0.4 is 5.73 Å². The summed E-state index contributed by atoms with van der Waals surface area (Å²) < 4.78 is 6.21. The zero-order valence-electron chi connectivity index (χ0n) is 14.0. The second-order valence-corrected chi connectivity index (χ2v) is 8.01.